The van der Waals surface area contributed by atoms with Gasteiger partial charge in [-0.1, -0.05) is 25.8 Å². The summed E-state index contributed by atoms with van der Waals surface area (Å²) >= 11 is 0. The van der Waals surface area contributed by atoms with Crippen molar-refractivity contribution in [3.05, 3.63) is 30.1 Å². The molecule has 0 saturated heterocycles. The van der Waals surface area contributed by atoms with Gasteiger partial charge < -0.3 is 11.1 Å². The molecule has 20 heavy (non-hydrogen) atoms. The van der Waals surface area contributed by atoms with Crippen LogP contribution < -0.4 is 11.1 Å². The summed E-state index contributed by atoms with van der Waals surface area (Å²) < 4.78 is 1.87. The molecule has 0 saturated carbocycles. The number of fused-ring (bicyclic) bond motifs is 1. The van der Waals surface area contributed by atoms with Gasteiger partial charge in [0, 0.05) is 6.54 Å². The van der Waals surface area contributed by atoms with Crippen molar-refractivity contribution in [2.24, 2.45) is 5.73 Å². The van der Waals surface area contributed by atoms with E-state index in [1.165, 1.54) is 12.8 Å². The maximum absolute atomic E-state index is 5.49. The van der Waals surface area contributed by atoms with Crippen molar-refractivity contribution in [2.75, 3.05) is 18.4 Å². The van der Waals surface area contributed by atoms with E-state index in [-0.39, 0.29) is 0 Å². The van der Waals surface area contributed by atoms with Crippen molar-refractivity contribution >= 4 is 17.5 Å². The zero-order valence-electron chi connectivity index (χ0n) is 12.0. The Bertz CT molecular complexity index is 558. The fraction of sp³-hybridized carbons (Fsp3) is 0.467. The van der Waals surface area contributed by atoms with E-state index in [0.29, 0.717) is 6.54 Å². The minimum Gasteiger partial charge on any atom is -0.369 e. The highest BCUT2D eigenvalue weighted by Crippen LogP contribution is 2.11. The molecule has 0 aliphatic rings. The van der Waals surface area contributed by atoms with Crippen LogP contribution in [0.5, 0.6) is 0 Å². The summed E-state index contributed by atoms with van der Waals surface area (Å²) in [5.74, 6) is 0.854. The second kappa shape index (κ2) is 7.65. The molecule has 3 N–H and O–H groups in total. The molecule has 2 aromatic heterocycles. The van der Waals surface area contributed by atoms with Crippen LogP contribution in [-0.4, -0.2) is 27.7 Å². The van der Waals surface area contributed by atoms with E-state index in [1.54, 1.807) is 0 Å². The largest absolute Gasteiger partial charge is 0.369 e. The Labute approximate surface area is 119 Å². The first kappa shape index (κ1) is 14.5. The Kier molecular flexibility index (Phi) is 5.55. The number of nitrogens with one attached hydrogen (secondary N) is 1. The van der Waals surface area contributed by atoms with Crippen molar-refractivity contribution < 1.29 is 0 Å². The second-order valence-corrected chi connectivity index (χ2v) is 4.79. The molecule has 0 bridgehead atoms. The van der Waals surface area contributed by atoms with Crippen molar-refractivity contribution in [1.29, 1.82) is 0 Å². The Morgan fingerprint density at radius 1 is 1.35 bits per heavy atom. The lowest BCUT2D eigenvalue weighted by Gasteiger charge is -2.05. The van der Waals surface area contributed by atoms with E-state index in [1.807, 2.05) is 22.8 Å². The Morgan fingerprint density at radius 3 is 3.05 bits per heavy atom. The van der Waals surface area contributed by atoms with Gasteiger partial charge in [0.05, 0.1) is 11.9 Å². The summed E-state index contributed by atoms with van der Waals surface area (Å²) in [5, 5.41) is 7.82. The predicted molar refractivity (Wildman–Crippen MR) is 83.7 cm³/mol. The van der Waals surface area contributed by atoms with Crippen LogP contribution >= 0.6 is 0 Å². The molecule has 0 aliphatic carbocycles. The normalized spacial score (nSPS) is 11.5. The Balaban J connectivity index is 2.10. The number of rotatable bonds is 8. The fourth-order valence-electron chi connectivity index (χ4n) is 1.94. The van der Waals surface area contributed by atoms with Gasteiger partial charge in [-0.2, -0.15) is 0 Å². The highest BCUT2D eigenvalue weighted by atomic mass is 15.3. The fourth-order valence-corrected chi connectivity index (χ4v) is 1.94. The number of unbranched alkanes of at least 4 members (excludes halogenated alkanes) is 2. The van der Waals surface area contributed by atoms with Crippen LogP contribution in [0.1, 0.15) is 38.3 Å². The first-order valence-electron chi connectivity index (χ1n) is 7.30. The molecule has 0 spiro atoms. The van der Waals surface area contributed by atoms with E-state index in [9.17, 15) is 0 Å². The molecule has 5 nitrogen and oxygen atoms in total. The summed E-state index contributed by atoms with van der Waals surface area (Å²) in [6.07, 6.45) is 10.6. The lowest BCUT2D eigenvalue weighted by molar-refractivity contribution is 0.816. The first-order valence-corrected chi connectivity index (χ1v) is 7.30. The van der Waals surface area contributed by atoms with E-state index in [2.05, 4.69) is 34.5 Å². The summed E-state index contributed by atoms with van der Waals surface area (Å²) in [4.78, 5) is 4.36. The quantitative estimate of drug-likeness (QED) is 0.726. The molecule has 0 aliphatic heterocycles. The summed E-state index contributed by atoms with van der Waals surface area (Å²) in [5.41, 5.74) is 7.36. The van der Waals surface area contributed by atoms with Crippen molar-refractivity contribution in [3.63, 3.8) is 0 Å². The van der Waals surface area contributed by atoms with Crippen LogP contribution in [0.2, 0.25) is 0 Å². The monoisotopic (exact) mass is 273 g/mol. The number of nitrogens with zero attached hydrogens (tertiary/aromatic N) is 3. The van der Waals surface area contributed by atoms with Gasteiger partial charge in [0.1, 0.15) is 5.82 Å². The van der Waals surface area contributed by atoms with Crippen LogP contribution in [0, 0.1) is 0 Å². The Morgan fingerprint density at radius 2 is 2.25 bits per heavy atom. The summed E-state index contributed by atoms with van der Waals surface area (Å²) in [7, 11) is 0. The first-order chi connectivity index (χ1) is 9.85. The van der Waals surface area contributed by atoms with Crippen molar-refractivity contribution in [2.45, 2.75) is 32.6 Å². The number of allylic oxidation sites excluding steroid dienone is 1. The van der Waals surface area contributed by atoms with E-state index in [0.717, 1.165) is 36.5 Å². The third-order valence-electron chi connectivity index (χ3n) is 3.09. The third kappa shape index (κ3) is 3.81. The molecule has 0 atom stereocenters. The number of nitrogens with two attached hydrogens (primary N) is 1. The number of aromatic nitrogens is 3. The van der Waals surface area contributed by atoms with Gasteiger partial charge in [-0.05, 0) is 37.6 Å². The Hall–Kier alpha value is -1.88. The molecule has 0 radical (unpaired) electrons. The smallest absolute Gasteiger partial charge is 0.154 e. The second-order valence-electron chi connectivity index (χ2n) is 4.79. The highest BCUT2D eigenvalue weighted by Gasteiger charge is 2.02. The van der Waals surface area contributed by atoms with Crippen LogP contribution in [0.3, 0.4) is 0 Å². The third-order valence-corrected chi connectivity index (χ3v) is 3.09. The molecule has 2 rings (SSSR count). The van der Waals surface area contributed by atoms with Gasteiger partial charge in [-0.15, -0.1) is 5.10 Å². The zero-order chi connectivity index (χ0) is 14.2. The van der Waals surface area contributed by atoms with Crippen LogP contribution in [0.15, 0.2) is 24.4 Å². The molecule has 0 amide bonds. The van der Waals surface area contributed by atoms with Gasteiger partial charge in [-0.3, -0.25) is 0 Å². The highest BCUT2D eigenvalue weighted by molar-refractivity contribution is 5.53. The topological polar surface area (TPSA) is 68.2 Å². The lowest BCUT2D eigenvalue weighted by Crippen LogP contribution is -2.10. The zero-order valence-corrected chi connectivity index (χ0v) is 12.0. The SMILES string of the molecule is CCCCC=Cc1cnc2ccc(NCCCN)nn12. The van der Waals surface area contributed by atoms with Gasteiger partial charge in [0.2, 0.25) is 0 Å². The molecule has 0 fully saturated rings. The van der Waals surface area contributed by atoms with Crippen molar-refractivity contribution in [3.8, 4) is 0 Å². The number of hydrogen-bond acceptors (Lipinski definition) is 4. The summed E-state index contributed by atoms with van der Waals surface area (Å²) in [6, 6.07) is 3.92. The molecule has 0 unspecified atom stereocenters. The van der Waals surface area contributed by atoms with Gasteiger partial charge >= 0.3 is 0 Å². The van der Waals surface area contributed by atoms with Crippen LogP contribution in [-0.2, 0) is 0 Å². The lowest BCUT2D eigenvalue weighted by atomic mass is 10.2. The van der Waals surface area contributed by atoms with Gasteiger partial charge in [-0.25, -0.2) is 9.50 Å². The average Bonchev–Trinajstić information content (AvgIpc) is 2.87. The molecular weight excluding hydrogens is 250 g/mol. The maximum atomic E-state index is 5.49. The van der Waals surface area contributed by atoms with Crippen LogP contribution in [0.25, 0.3) is 11.7 Å². The molecule has 2 aromatic rings. The standard InChI is InChI=1S/C15H23N5/c1-2-3-4-5-7-13-12-18-15-9-8-14(19-20(13)15)17-11-6-10-16/h5,7-9,12H,2-4,6,10-11,16H2,1H3,(H,17,19). The number of imidazole rings is 1. The van der Waals surface area contributed by atoms with Crippen LogP contribution in [0.4, 0.5) is 5.82 Å². The minimum atomic E-state index is 0.686. The molecule has 108 valence electrons. The summed E-state index contributed by atoms with van der Waals surface area (Å²) in [6.45, 7) is 3.72. The van der Waals surface area contributed by atoms with Gasteiger partial charge in [0.15, 0.2) is 5.65 Å². The predicted octanol–water partition coefficient (Wildman–Crippen LogP) is 2.69. The van der Waals surface area contributed by atoms with E-state index >= 15 is 0 Å². The molecular formula is C15H23N5. The molecule has 2 heterocycles. The van der Waals surface area contributed by atoms with Crippen molar-refractivity contribution in [1.82, 2.24) is 14.6 Å². The number of anilines is 1. The van der Waals surface area contributed by atoms with Gasteiger partial charge in [0.25, 0.3) is 0 Å². The van der Waals surface area contributed by atoms with E-state index in [4.69, 9.17) is 5.73 Å². The average molecular weight is 273 g/mol. The number of hydrogen-bond donors (Lipinski definition) is 2. The minimum absolute atomic E-state index is 0.686. The maximum Gasteiger partial charge on any atom is 0.154 e. The molecule has 5 heteroatoms. The molecule has 0 aromatic carbocycles. The van der Waals surface area contributed by atoms with E-state index < -0.39 is 0 Å².